The minimum absolute atomic E-state index is 0.357. The summed E-state index contributed by atoms with van der Waals surface area (Å²) in [7, 11) is 0. The lowest BCUT2D eigenvalue weighted by atomic mass is 9.91. The molecule has 13 heavy (non-hydrogen) atoms. The lowest BCUT2D eigenvalue weighted by Gasteiger charge is -2.27. The summed E-state index contributed by atoms with van der Waals surface area (Å²) in [5.74, 6) is 1.21. The van der Waals surface area contributed by atoms with Gasteiger partial charge in [0.15, 0.2) is 0 Å². The van der Waals surface area contributed by atoms with Crippen LogP contribution in [0.15, 0.2) is 11.8 Å². The van der Waals surface area contributed by atoms with Gasteiger partial charge in [0.1, 0.15) is 11.9 Å². The molecule has 1 atom stereocenters. The van der Waals surface area contributed by atoms with Crippen molar-refractivity contribution in [2.45, 2.75) is 25.4 Å². The number of rotatable bonds is 2. The molecule has 1 unspecified atom stereocenters. The van der Waals surface area contributed by atoms with Gasteiger partial charge in [-0.05, 0) is 37.9 Å². The van der Waals surface area contributed by atoms with Crippen molar-refractivity contribution in [1.29, 1.82) is 0 Å². The van der Waals surface area contributed by atoms with Crippen molar-refractivity contribution >= 4 is 0 Å². The molecule has 0 aromatic heterocycles. The highest BCUT2D eigenvalue weighted by molar-refractivity contribution is 5.06. The van der Waals surface area contributed by atoms with E-state index in [1.807, 2.05) is 6.08 Å². The van der Waals surface area contributed by atoms with Crippen LogP contribution in [0.3, 0.4) is 0 Å². The smallest absolute Gasteiger partial charge is 0.121 e. The zero-order valence-electron chi connectivity index (χ0n) is 7.83. The average Bonchev–Trinajstić information content (AvgIpc) is 2.71. The number of nitrogens with one attached hydrogen (secondary N) is 1. The van der Waals surface area contributed by atoms with Crippen LogP contribution >= 0.6 is 0 Å². The predicted octanol–water partition coefficient (Wildman–Crippen LogP) is 0.651. The van der Waals surface area contributed by atoms with Crippen LogP contribution in [0.4, 0.5) is 0 Å². The van der Waals surface area contributed by atoms with Gasteiger partial charge in [-0.25, -0.2) is 0 Å². The first-order valence-corrected chi connectivity index (χ1v) is 5.09. The van der Waals surface area contributed by atoms with E-state index in [9.17, 15) is 5.11 Å². The van der Waals surface area contributed by atoms with Crippen LogP contribution in [-0.4, -0.2) is 30.9 Å². The number of hydrogen-bond donors (Lipinski definition) is 2. The molecule has 0 aromatic rings. The Morgan fingerprint density at radius 2 is 2.23 bits per heavy atom. The van der Waals surface area contributed by atoms with E-state index in [-0.39, 0.29) is 6.10 Å². The summed E-state index contributed by atoms with van der Waals surface area (Å²) in [5, 5.41) is 13.2. The summed E-state index contributed by atoms with van der Waals surface area (Å²) < 4.78 is 5.36. The Morgan fingerprint density at radius 3 is 2.85 bits per heavy atom. The van der Waals surface area contributed by atoms with Crippen LogP contribution in [0.5, 0.6) is 0 Å². The van der Waals surface area contributed by atoms with Gasteiger partial charge in [0.25, 0.3) is 0 Å². The Morgan fingerprint density at radius 1 is 1.46 bits per heavy atom. The van der Waals surface area contributed by atoms with Crippen LogP contribution < -0.4 is 5.32 Å². The molecule has 2 aliphatic heterocycles. The van der Waals surface area contributed by atoms with E-state index >= 15 is 0 Å². The van der Waals surface area contributed by atoms with Gasteiger partial charge >= 0.3 is 0 Å². The van der Waals surface area contributed by atoms with E-state index in [4.69, 9.17) is 4.74 Å². The van der Waals surface area contributed by atoms with Crippen LogP contribution in [0.25, 0.3) is 0 Å². The van der Waals surface area contributed by atoms with Gasteiger partial charge in [0.2, 0.25) is 0 Å². The van der Waals surface area contributed by atoms with Crippen molar-refractivity contribution in [2.24, 2.45) is 5.92 Å². The summed E-state index contributed by atoms with van der Waals surface area (Å²) in [6.07, 6.45) is 4.73. The predicted molar refractivity (Wildman–Crippen MR) is 50.3 cm³/mol. The second-order valence-electron chi connectivity index (χ2n) is 3.78. The summed E-state index contributed by atoms with van der Waals surface area (Å²) >= 11 is 0. The van der Waals surface area contributed by atoms with Crippen molar-refractivity contribution in [3.8, 4) is 0 Å². The molecule has 0 bridgehead atoms. The lowest BCUT2D eigenvalue weighted by molar-refractivity contribution is 0.0616. The molecule has 1 fully saturated rings. The monoisotopic (exact) mass is 183 g/mol. The minimum atomic E-state index is -0.357. The molecular formula is C10H17NO2. The topological polar surface area (TPSA) is 41.5 Å². The van der Waals surface area contributed by atoms with Crippen molar-refractivity contribution in [1.82, 2.24) is 5.32 Å². The molecule has 2 rings (SSSR count). The van der Waals surface area contributed by atoms with Crippen molar-refractivity contribution in [2.75, 3.05) is 19.7 Å². The maximum atomic E-state index is 9.95. The molecule has 0 radical (unpaired) electrons. The quantitative estimate of drug-likeness (QED) is 0.660. The maximum Gasteiger partial charge on any atom is 0.121 e. The summed E-state index contributed by atoms with van der Waals surface area (Å²) in [4.78, 5) is 0. The molecule has 1 saturated heterocycles. The summed E-state index contributed by atoms with van der Waals surface area (Å²) in [5.41, 5.74) is 0. The normalized spacial score (nSPS) is 26.7. The minimum Gasteiger partial charge on any atom is -0.495 e. The Labute approximate surface area is 78.8 Å². The van der Waals surface area contributed by atoms with Crippen LogP contribution in [0.1, 0.15) is 19.3 Å². The van der Waals surface area contributed by atoms with Gasteiger partial charge in [0.05, 0.1) is 6.61 Å². The SMILES string of the molecule is OC(C1=CCCO1)C1CCNCC1. The van der Waals surface area contributed by atoms with Crippen LogP contribution in [0.2, 0.25) is 0 Å². The van der Waals surface area contributed by atoms with Gasteiger partial charge < -0.3 is 15.2 Å². The Kier molecular flexibility index (Phi) is 2.86. The summed E-state index contributed by atoms with van der Waals surface area (Å²) in [6, 6.07) is 0. The van der Waals surface area contributed by atoms with Crippen molar-refractivity contribution < 1.29 is 9.84 Å². The number of aliphatic hydroxyl groups is 1. The van der Waals surface area contributed by atoms with E-state index in [0.29, 0.717) is 5.92 Å². The fraction of sp³-hybridized carbons (Fsp3) is 0.800. The number of aliphatic hydroxyl groups excluding tert-OH is 1. The van der Waals surface area contributed by atoms with E-state index in [2.05, 4.69) is 5.32 Å². The van der Waals surface area contributed by atoms with Crippen LogP contribution in [0, 0.1) is 5.92 Å². The van der Waals surface area contributed by atoms with Gasteiger partial charge in [-0.15, -0.1) is 0 Å². The highest BCUT2D eigenvalue weighted by Gasteiger charge is 2.26. The highest BCUT2D eigenvalue weighted by Crippen LogP contribution is 2.24. The third kappa shape index (κ3) is 2.03. The Hall–Kier alpha value is -0.540. The van der Waals surface area contributed by atoms with Gasteiger partial charge in [0, 0.05) is 6.42 Å². The second kappa shape index (κ2) is 4.11. The average molecular weight is 183 g/mol. The van der Waals surface area contributed by atoms with E-state index < -0.39 is 0 Å². The molecule has 3 heteroatoms. The largest absolute Gasteiger partial charge is 0.495 e. The fourth-order valence-electron chi connectivity index (χ4n) is 2.04. The Bertz CT molecular complexity index is 197. The van der Waals surface area contributed by atoms with Gasteiger partial charge in [-0.2, -0.15) is 0 Å². The zero-order chi connectivity index (χ0) is 9.10. The van der Waals surface area contributed by atoms with Crippen molar-refractivity contribution in [3.63, 3.8) is 0 Å². The third-order valence-corrected chi connectivity index (χ3v) is 2.85. The molecule has 0 aromatic carbocycles. The number of hydrogen-bond acceptors (Lipinski definition) is 3. The van der Waals surface area contributed by atoms with E-state index in [1.165, 1.54) is 0 Å². The molecule has 0 amide bonds. The van der Waals surface area contributed by atoms with Crippen LogP contribution in [-0.2, 0) is 4.74 Å². The molecule has 2 N–H and O–H groups in total. The highest BCUT2D eigenvalue weighted by atomic mass is 16.5. The van der Waals surface area contributed by atoms with Crippen molar-refractivity contribution in [3.05, 3.63) is 11.8 Å². The second-order valence-corrected chi connectivity index (χ2v) is 3.78. The first-order valence-electron chi connectivity index (χ1n) is 5.09. The van der Waals surface area contributed by atoms with E-state index in [0.717, 1.165) is 44.7 Å². The molecule has 0 spiro atoms. The number of ether oxygens (including phenoxy) is 1. The molecule has 0 saturated carbocycles. The lowest BCUT2D eigenvalue weighted by Crippen LogP contribution is -2.35. The van der Waals surface area contributed by atoms with E-state index in [1.54, 1.807) is 0 Å². The van der Waals surface area contributed by atoms with Gasteiger partial charge in [-0.1, -0.05) is 0 Å². The number of piperidine rings is 1. The third-order valence-electron chi connectivity index (χ3n) is 2.85. The molecular weight excluding hydrogens is 166 g/mol. The molecule has 74 valence electrons. The molecule has 2 heterocycles. The molecule has 2 aliphatic rings. The first-order chi connectivity index (χ1) is 6.38. The first kappa shape index (κ1) is 9.03. The maximum absolute atomic E-state index is 9.95. The Balaban J connectivity index is 1.90. The molecule has 3 nitrogen and oxygen atoms in total. The summed E-state index contributed by atoms with van der Waals surface area (Å²) in [6.45, 7) is 2.79. The zero-order valence-corrected chi connectivity index (χ0v) is 7.83. The molecule has 0 aliphatic carbocycles. The van der Waals surface area contributed by atoms with Gasteiger partial charge in [-0.3, -0.25) is 0 Å². The fourth-order valence-corrected chi connectivity index (χ4v) is 2.04. The standard InChI is InChI=1S/C10H17NO2/c12-10(9-2-1-7-13-9)8-3-5-11-6-4-8/h2,8,10-12H,1,3-7H2.